The Morgan fingerprint density at radius 1 is 1.30 bits per heavy atom. The number of aromatic nitrogens is 1. The highest BCUT2D eigenvalue weighted by atomic mass is 16.5. The topological polar surface area (TPSA) is 66.1 Å². The van der Waals surface area contributed by atoms with Gasteiger partial charge in [-0.05, 0) is 24.5 Å². The third-order valence-electron chi connectivity index (χ3n) is 3.18. The minimum absolute atomic E-state index is 0.0267. The predicted octanol–water partition coefficient (Wildman–Crippen LogP) is 2.47. The molecule has 1 heterocycles. The van der Waals surface area contributed by atoms with Gasteiger partial charge in [-0.1, -0.05) is 30.3 Å². The van der Waals surface area contributed by atoms with E-state index >= 15 is 0 Å². The predicted molar refractivity (Wildman–Crippen MR) is 76.5 cm³/mol. The maximum absolute atomic E-state index is 9.37. The zero-order valence-corrected chi connectivity index (χ0v) is 11.6. The van der Waals surface area contributed by atoms with Crippen molar-refractivity contribution in [1.29, 1.82) is 5.26 Å². The van der Waals surface area contributed by atoms with Crippen LogP contribution in [0.1, 0.15) is 16.8 Å². The molecule has 0 fully saturated rings. The number of benzene rings is 1. The molecule has 0 bridgehead atoms. The van der Waals surface area contributed by atoms with Crippen molar-refractivity contribution < 1.29 is 9.84 Å². The first-order chi connectivity index (χ1) is 9.72. The number of aryl methyl sites for hydroxylation is 1. The van der Waals surface area contributed by atoms with Crippen molar-refractivity contribution in [1.82, 2.24) is 4.98 Å². The highest BCUT2D eigenvalue weighted by Gasteiger charge is 2.19. The van der Waals surface area contributed by atoms with Gasteiger partial charge in [0.15, 0.2) is 0 Å². The first-order valence-electron chi connectivity index (χ1n) is 6.36. The molecular formula is C16H16N2O2. The molecular weight excluding hydrogens is 252 g/mol. The summed E-state index contributed by atoms with van der Waals surface area (Å²) in [5, 5.41) is 18.7. The fourth-order valence-corrected chi connectivity index (χ4v) is 2.35. The summed E-state index contributed by atoms with van der Waals surface area (Å²) in [6, 6.07) is 11.9. The van der Waals surface area contributed by atoms with Crippen LogP contribution in [0.15, 0.2) is 30.3 Å². The molecule has 20 heavy (non-hydrogen) atoms. The van der Waals surface area contributed by atoms with Crippen molar-refractivity contribution in [3.8, 4) is 23.1 Å². The molecule has 4 nitrogen and oxygen atoms in total. The van der Waals surface area contributed by atoms with Gasteiger partial charge in [-0.3, -0.25) is 0 Å². The van der Waals surface area contributed by atoms with Crippen LogP contribution in [0, 0.1) is 18.3 Å². The summed E-state index contributed by atoms with van der Waals surface area (Å²) >= 11 is 0. The zero-order valence-electron chi connectivity index (χ0n) is 11.6. The average molecular weight is 268 g/mol. The van der Waals surface area contributed by atoms with Crippen LogP contribution in [0.3, 0.4) is 0 Å². The Morgan fingerprint density at radius 2 is 2.00 bits per heavy atom. The molecule has 0 aliphatic heterocycles. The average Bonchev–Trinajstić information content (AvgIpc) is 2.48. The van der Waals surface area contributed by atoms with Crippen molar-refractivity contribution in [3.05, 3.63) is 47.2 Å². The summed E-state index contributed by atoms with van der Waals surface area (Å²) in [7, 11) is 1.49. The van der Waals surface area contributed by atoms with Crippen molar-refractivity contribution >= 4 is 0 Å². The zero-order chi connectivity index (χ0) is 14.5. The molecule has 0 aliphatic rings. The standard InChI is InChI=1S/C16H16N2O2/c1-11-15(12-6-4-3-5-7-12)13(8-9-19)14(10-17)16(18-11)20-2/h3-7,19H,8-9H2,1-2H3. The Morgan fingerprint density at radius 3 is 2.55 bits per heavy atom. The summed E-state index contributed by atoms with van der Waals surface area (Å²) < 4.78 is 5.18. The number of hydrogen-bond donors (Lipinski definition) is 1. The lowest BCUT2D eigenvalue weighted by molar-refractivity contribution is 0.299. The van der Waals surface area contributed by atoms with Crippen LogP contribution >= 0.6 is 0 Å². The van der Waals surface area contributed by atoms with Crippen molar-refractivity contribution in [2.45, 2.75) is 13.3 Å². The number of nitrogens with zero attached hydrogens (tertiary/aromatic N) is 2. The van der Waals surface area contributed by atoms with E-state index in [1.54, 1.807) is 0 Å². The lowest BCUT2D eigenvalue weighted by Crippen LogP contribution is -2.05. The lowest BCUT2D eigenvalue weighted by Gasteiger charge is -2.15. The van der Waals surface area contributed by atoms with E-state index in [1.165, 1.54) is 7.11 Å². The number of methoxy groups -OCH3 is 1. The van der Waals surface area contributed by atoms with Gasteiger partial charge in [0.05, 0.1) is 7.11 Å². The van der Waals surface area contributed by atoms with Crippen molar-refractivity contribution in [2.24, 2.45) is 0 Å². The summed E-state index contributed by atoms with van der Waals surface area (Å²) in [6.07, 6.45) is 0.396. The van der Waals surface area contributed by atoms with Crippen LogP contribution in [-0.2, 0) is 6.42 Å². The van der Waals surface area contributed by atoms with Crippen molar-refractivity contribution in [3.63, 3.8) is 0 Å². The number of aliphatic hydroxyl groups excluding tert-OH is 1. The number of rotatable bonds is 4. The Bertz CT molecular complexity index is 646. The van der Waals surface area contributed by atoms with E-state index in [9.17, 15) is 10.4 Å². The molecule has 0 aliphatic carbocycles. The first-order valence-corrected chi connectivity index (χ1v) is 6.36. The Balaban J connectivity index is 2.76. The third kappa shape index (κ3) is 2.49. The van der Waals surface area contributed by atoms with E-state index in [2.05, 4.69) is 11.1 Å². The van der Waals surface area contributed by atoms with Gasteiger partial charge < -0.3 is 9.84 Å². The minimum atomic E-state index is -0.0267. The molecule has 0 atom stereocenters. The van der Waals surface area contributed by atoms with Crippen LogP contribution in [-0.4, -0.2) is 23.8 Å². The van der Waals surface area contributed by atoms with E-state index in [4.69, 9.17) is 4.74 Å². The highest BCUT2D eigenvalue weighted by Crippen LogP contribution is 2.33. The Labute approximate surface area is 118 Å². The molecule has 2 rings (SSSR count). The molecule has 1 aromatic heterocycles. The van der Waals surface area contributed by atoms with E-state index in [-0.39, 0.29) is 6.61 Å². The monoisotopic (exact) mass is 268 g/mol. The Kier molecular flexibility index (Phi) is 4.34. The van der Waals surface area contributed by atoms with E-state index in [1.807, 2.05) is 37.3 Å². The second-order valence-corrected chi connectivity index (χ2v) is 4.39. The van der Waals surface area contributed by atoms with Gasteiger partial charge in [0, 0.05) is 17.9 Å². The molecule has 102 valence electrons. The SMILES string of the molecule is COc1nc(C)c(-c2ccccc2)c(CCO)c1C#N. The smallest absolute Gasteiger partial charge is 0.231 e. The van der Waals surface area contributed by atoms with Crippen LogP contribution in [0.2, 0.25) is 0 Å². The second kappa shape index (κ2) is 6.18. The van der Waals surface area contributed by atoms with Crippen molar-refractivity contribution in [2.75, 3.05) is 13.7 Å². The van der Waals surface area contributed by atoms with Crippen LogP contribution in [0.5, 0.6) is 5.88 Å². The number of aliphatic hydroxyl groups is 1. The normalized spacial score (nSPS) is 10.1. The van der Waals surface area contributed by atoms with Crippen LogP contribution < -0.4 is 4.74 Å². The molecule has 0 radical (unpaired) electrons. The number of ether oxygens (including phenoxy) is 1. The Hall–Kier alpha value is -2.38. The number of hydrogen-bond acceptors (Lipinski definition) is 4. The fourth-order valence-electron chi connectivity index (χ4n) is 2.35. The lowest BCUT2D eigenvalue weighted by atomic mass is 9.93. The molecule has 4 heteroatoms. The largest absolute Gasteiger partial charge is 0.480 e. The maximum Gasteiger partial charge on any atom is 0.231 e. The van der Waals surface area contributed by atoms with Gasteiger partial charge in [-0.25, -0.2) is 4.98 Å². The molecule has 0 amide bonds. The van der Waals surface area contributed by atoms with Gasteiger partial charge >= 0.3 is 0 Å². The molecule has 2 aromatic rings. The maximum atomic E-state index is 9.37. The van der Waals surface area contributed by atoms with Gasteiger partial charge in [0.1, 0.15) is 11.6 Å². The van der Waals surface area contributed by atoms with Crippen LogP contribution in [0.4, 0.5) is 0 Å². The van der Waals surface area contributed by atoms with E-state index < -0.39 is 0 Å². The van der Waals surface area contributed by atoms with Gasteiger partial charge in [-0.15, -0.1) is 0 Å². The first kappa shape index (κ1) is 14.0. The van der Waals surface area contributed by atoms with Crippen LogP contribution in [0.25, 0.3) is 11.1 Å². The fraction of sp³-hybridized carbons (Fsp3) is 0.250. The summed E-state index contributed by atoms with van der Waals surface area (Å²) in [6.45, 7) is 1.86. The van der Waals surface area contributed by atoms with Gasteiger partial charge in [0.25, 0.3) is 0 Å². The van der Waals surface area contributed by atoms with Gasteiger partial charge in [0.2, 0.25) is 5.88 Å². The summed E-state index contributed by atoms with van der Waals surface area (Å²) in [5.74, 6) is 0.313. The van der Waals surface area contributed by atoms with Gasteiger partial charge in [-0.2, -0.15) is 5.26 Å². The second-order valence-electron chi connectivity index (χ2n) is 4.39. The molecule has 0 saturated carbocycles. The highest BCUT2D eigenvalue weighted by molar-refractivity contribution is 5.73. The molecule has 0 spiro atoms. The molecule has 0 unspecified atom stereocenters. The number of pyridine rings is 1. The molecule has 1 aromatic carbocycles. The van der Waals surface area contributed by atoms with E-state index in [0.717, 1.165) is 22.4 Å². The molecule has 0 saturated heterocycles. The quantitative estimate of drug-likeness (QED) is 0.925. The molecule has 1 N–H and O–H groups in total. The van der Waals surface area contributed by atoms with E-state index in [0.29, 0.717) is 17.9 Å². The summed E-state index contributed by atoms with van der Waals surface area (Å²) in [4.78, 5) is 4.36. The number of nitriles is 1. The summed E-state index contributed by atoms with van der Waals surface area (Å²) in [5.41, 5.74) is 3.85. The minimum Gasteiger partial charge on any atom is -0.480 e. The third-order valence-corrected chi connectivity index (χ3v) is 3.18.